The van der Waals surface area contributed by atoms with Gasteiger partial charge in [0.15, 0.2) is 0 Å². The molecule has 1 N–H and O–H groups in total. The van der Waals surface area contributed by atoms with Gasteiger partial charge in [0.1, 0.15) is 0 Å². The Kier molecular flexibility index (Phi) is 2.93. The minimum absolute atomic E-state index is 0.0708. The molecule has 1 amide bonds. The predicted octanol–water partition coefficient (Wildman–Crippen LogP) is 2.94. The van der Waals surface area contributed by atoms with Gasteiger partial charge >= 0.3 is 6.09 Å². The van der Waals surface area contributed by atoms with E-state index < -0.39 is 0 Å². The van der Waals surface area contributed by atoms with Gasteiger partial charge in [0, 0.05) is 17.8 Å². The van der Waals surface area contributed by atoms with Crippen molar-refractivity contribution in [2.24, 2.45) is 0 Å². The van der Waals surface area contributed by atoms with Crippen molar-refractivity contribution < 1.29 is 9.53 Å². The zero-order valence-corrected chi connectivity index (χ0v) is 11.2. The van der Waals surface area contributed by atoms with Gasteiger partial charge in [-0.3, -0.25) is 4.90 Å². The van der Waals surface area contributed by atoms with E-state index in [9.17, 15) is 4.79 Å². The number of anilines is 1. The van der Waals surface area contributed by atoms with E-state index in [-0.39, 0.29) is 18.2 Å². The van der Waals surface area contributed by atoms with Crippen molar-refractivity contribution in [3.8, 4) is 0 Å². The molecule has 0 aromatic heterocycles. The predicted molar refractivity (Wildman–Crippen MR) is 74.1 cm³/mol. The summed E-state index contributed by atoms with van der Waals surface area (Å²) in [7, 11) is 0. The van der Waals surface area contributed by atoms with Crippen LogP contribution in [0, 0.1) is 0 Å². The van der Waals surface area contributed by atoms with Crippen LogP contribution in [-0.2, 0) is 4.74 Å². The Morgan fingerprint density at radius 1 is 1.42 bits per heavy atom. The van der Waals surface area contributed by atoms with Crippen LogP contribution in [-0.4, -0.2) is 29.7 Å². The van der Waals surface area contributed by atoms with E-state index in [4.69, 9.17) is 4.74 Å². The van der Waals surface area contributed by atoms with Crippen LogP contribution in [0.5, 0.6) is 0 Å². The first-order chi connectivity index (χ1) is 9.22. The molecule has 4 heteroatoms. The topological polar surface area (TPSA) is 41.6 Å². The molecule has 0 saturated heterocycles. The van der Waals surface area contributed by atoms with Crippen molar-refractivity contribution in [2.45, 2.75) is 31.8 Å². The summed E-state index contributed by atoms with van der Waals surface area (Å²) in [5, 5.41) is 3.51. The van der Waals surface area contributed by atoms with Gasteiger partial charge in [-0.1, -0.05) is 24.3 Å². The average Bonchev–Trinajstić information content (AvgIpc) is 2.79. The molecule has 3 rings (SSSR count). The largest absolute Gasteiger partial charge is 0.449 e. The molecular formula is C15H18N2O2. The normalized spacial score (nSPS) is 27.5. The molecule has 2 aliphatic rings. The molecule has 1 aromatic carbocycles. The minimum atomic E-state index is -0.276. The number of hydrogen-bond donors (Lipinski definition) is 1. The lowest BCUT2D eigenvalue weighted by molar-refractivity contribution is 0.106. The zero-order valence-electron chi connectivity index (χ0n) is 11.2. The number of ether oxygens (including phenoxy) is 1. The summed E-state index contributed by atoms with van der Waals surface area (Å²) in [4.78, 5) is 13.6. The number of hydrogen-bond acceptors (Lipinski definition) is 3. The average molecular weight is 258 g/mol. The summed E-state index contributed by atoms with van der Waals surface area (Å²) in [6.45, 7) is 4.28. The first-order valence-electron chi connectivity index (χ1n) is 6.71. The summed E-state index contributed by atoms with van der Waals surface area (Å²) < 4.78 is 5.09. The van der Waals surface area contributed by atoms with Crippen LogP contribution in [0.25, 0.3) is 0 Å². The summed E-state index contributed by atoms with van der Waals surface area (Å²) in [6.07, 6.45) is 3.66. The van der Waals surface area contributed by atoms with Gasteiger partial charge < -0.3 is 10.1 Å². The smallest absolute Gasteiger partial charge is 0.414 e. The van der Waals surface area contributed by atoms with E-state index in [2.05, 4.69) is 36.5 Å². The van der Waals surface area contributed by atoms with Gasteiger partial charge in [-0.2, -0.15) is 0 Å². The number of para-hydroxylation sites is 1. The van der Waals surface area contributed by atoms with Crippen molar-refractivity contribution in [3.63, 3.8) is 0 Å². The maximum absolute atomic E-state index is 11.9. The third kappa shape index (κ3) is 1.87. The van der Waals surface area contributed by atoms with Crippen molar-refractivity contribution >= 4 is 11.8 Å². The fraction of sp³-hybridized carbons (Fsp3) is 0.400. The number of benzene rings is 1. The number of fused-ring (bicyclic) bond motifs is 3. The number of rotatable bonds is 1. The van der Waals surface area contributed by atoms with E-state index in [1.807, 2.05) is 19.2 Å². The highest BCUT2D eigenvalue weighted by Crippen LogP contribution is 2.41. The van der Waals surface area contributed by atoms with E-state index in [0.717, 1.165) is 0 Å². The molecule has 0 bridgehead atoms. The molecule has 1 aromatic rings. The first-order valence-corrected chi connectivity index (χ1v) is 6.71. The van der Waals surface area contributed by atoms with Crippen LogP contribution in [0.2, 0.25) is 0 Å². The quantitative estimate of drug-likeness (QED) is 0.842. The van der Waals surface area contributed by atoms with Crippen LogP contribution in [0.3, 0.4) is 0 Å². The first kappa shape index (κ1) is 12.1. The number of nitrogens with zero attached hydrogens (tertiary/aromatic N) is 1. The van der Waals surface area contributed by atoms with Gasteiger partial charge in [-0.25, -0.2) is 4.79 Å². The van der Waals surface area contributed by atoms with Crippen molar-refractivity contribution in [1.82, 2.24) is 4.90 Å². The highest BCUT2D eigenvalue weighted by atomic mass is 16.6. The third-order valence-electron chi connectivity index (χ3n) is 3.92. The summed E-state index contributed by atoms with van der Waals surface area (Å²) in [6, 6.07) is 8.60. The molecule has 2 heterocycles. The van der Waals surface area contributed by atoms with Gasteiger partial charge in [0.2, 0.25) is 0 Å². The van der Waals surface area contributed by atoms with E-state index in [1.54, 1.807) is 4.90 Å². The number of carbonyl (C=O) groups is 1. The standard InChI is InChI=1S/C15H18N2O2/c1-3-19-15(18)17-9-8-12-11-6-4-5-7-13(11)16-14(12)10(17)2/h4-10,12,14,16H,3H2,1-2H3. The minimum Gasteiger partial charge on any atom is -0.449 e. The Bertz CT molecular complexity index is 527. The summed E-state index contributed by atoms with van der Waals surface area (Å²) in [5.41, 5.74) is 2.47. The van der Waals surface area contributed by atoms with Crippen molar-refractivity contribution in [1.29, 1.82) is 0 Å². The second-order valence-electron chi connectivity index (χ2n) is 4.97. The van der Waals surface area contributed by atoms with Crippen LogP contribution < -0.4 is 5.32 Å². The molecule has 19 heavy (non-hydrogen) atoms. The van der Waals surface area contributed by atoms with Crippen LogP contribution in [0.15, 0.2) is 36.5 Å². The molecule has 0 radical (unpaired) electrons. The van der Waals surface area contributed by atoms with Gasteiger partial charge in [0.05, 0.1) is 18.7 Å². The number of carbonyl (C=O) groups excluding carboxylic acids is 1. The molecule has 4 nitrogen and oxygen atoms in total. The number of nitrogens with one attached hydrogen (secondary N) is 1. The monoisotopic (exact) mass is 258 g/mol. The fourth-order valence-corrected chi connectivity index (χ4v) is 2.95. The van der Waals surface area contributed by atoms with E-state index in [0.29, 0.717) is 12.5 Å². The van der Waals surface area contributed by atoms with E-state index >= 15 is 0 Å². The highest BCUT2D eigenvalue weighted by Gasteiger charge is 2.40. The zero-order chi connectivity index (χ0) is 13.4. The Labute approximate surface area is 113 Å². The molecule has 0 saturated carbocycles. The van der Waals surface area contributed by atoms with Crippen LogP contribution in [0.1, 0.15) is 25.3 Å². The Morgan fingerprint density at radius 3 is 3.00 bits per heavy atom. The molecule has 3 unspecified atom stereocenters. The summed E-state index contributed by atoms with van der Waals surface area (Å²) in [5.74, 6) is 0.330. The van der Waals surface area contributed by atoms with Crippen molar-refractivity contribution in [2.75, 3.05) is 11.9 Å². The lowest BCUT2D eigenvalue weighted by Crippen LogP contribution is -2.48. The molecule has 0 fully saturated rings. The van der Waals surface area contributed by atoms with Crippen LogP contribution >= 0.6 is 0 Å². The van der Waals surface area contributed by atoms with E-state index in [1.165, 1.54) is 11.3 Å². The summed E-state index contributed by atoms with van der Waals surface area (Å²) >= 11 is 0. The highest BCUT2D eigenvalue weighted by molar-refractivity contribution is 5.71. The van der Waals surface area contributed by atoms with Crippen LogP contribution in [0.4, 0.5) is 10.5 Å². The van der Waals surface area contributed by atoms with Gasteiger partial charge in [0.25, 0.3) is 0 Å². The second kappa shape index (κ2) is 4.61. The maximum Gasteiger partial charge on any atom is 0.414 e. The van der Waals surface area contributed by atoms with Gasteiger partial charge in [-0.15, -0.1) is 0 Å². The Morgan fingerprint density at radius 2 is 2.21 bits per heavy atom. The molecule has 3 atom stereocenters. The number of amides is 1. The maximum atomic E-state index is 11.9. The lowest BCUT2D eigenvalue weighted by Gasteiger charge is -2.36. The molecule has 100 valence electrons. The SMILES string of the molecule is CCOC(=O)N1C=CC2c3ccccc3NC2C1C. The third-order valence-corrected chi connectivity index (χ3v) is 3.92. The Balaban J connectivity index is 1.87. The molecular weight excluding hydrogens is 240 g/mol. The Hall–Kier alpha value is -1.97. The van der Waals surface area contributed by atoms with Gasteiger partial charge in [-0.05, 0) is 25.5 Å². The lowest BCUT2D eigenvalue weighted by atomic mass is 9.88. The second-order valence-corrected chi connectivity index (χ2v) is 4.97. The molecule has 0 aliphatic carbocycles. The molecule has 2 aliphatic heterocycles. The fourth-order valence-electron chi connectivity index (χ4n) is 2.95. The molecule has 0 spiro atoms. The van der Waals surface area contributed by atoms with Crippen molar-refractivity contribution in [3.05, 3.63) is 42.1 Å².